The van der Waals surface area contributed by atoms with E-state index in [9.17, 15) is 34.1 Å². The zero-order valence-corrected chi connectivity index (χ0v) is 35.4. The fourth-order valence-electron chi connectivity index (χ4n) is 6.43. The van der Waals surface area contributed by atoms with Crippen LogP contribution in [0.3, 0.4) is 0 Å². The Morgan fingerprint density at radius 1 is 0.519 bits per heavy atom. The second-order valence-electron chi connectivity index (χ2n) is 15.3. The molecule has 0 rings (SSSR count). The van der Waals surface area contributed by atoms with E-state index in [0.29, 0.717) is 12.8 Å². The molecular weight excluding hydrogens is 709 g/mol. The standard InChI is InChI=1S/C42H82NO10P/c1-3-5-7-9-11-13-15-17-19-20-22-24-26-28-30-32-34-41(46)51-35-38(44)36-52-54(49,50)53-37-39(42(47)48)43-40(45)33-31-29-27-25-23-21-18-16-14-12-10-8-6-4-2/h38-39,44H,3-37H2,1-2H3,(H,43,45)(H,47,48)(H,49,50). The number of carboxylic acids is 1. The molecule has 0 aliphatic rings. The normalized spacial score (nSPS) is 13.7. The fourth-order valence-corrected chi connectivity index (χ4v) is 7.21. The molecule has 3 unspecified atom stereocenters. The number of hydrogen-bond donors (Lipinski definition) is 4. The van der Waals surface area contributed by atoms with E-state index in [-0.39, 0.29) is 12.8 Å². The van der Waals surface area contributed by atoms with Gasteiger partial charge in [0.1, 0.15) is 12.7 Å². The van der Waals surface area contributed by atoms with Gasteiger partial charge < -0.3 is 25.2 Å². The van der Waals surface area contributed by atoms with E-state index >= 15 is 0 Å². The Labute approximate surface area is 329 Å². The molecule has 12 heteroatoms. The van der Waals surface area contributed by atoms with Gasteiger partial charge in [-0.3, -0.25) is 18.6 Å². The van der Waals surface area contributed by atoms with Crippen LogP contribution in [0.2, 0.25) is 0 Å². The smallest absolute Gasteiger partial charge is 0.472 e. The molecule has 0 fully saturated rings. The predicted octanol–water partition coefficient (Wildman–Crippen LogP) is 11.1. The number of aliphatic hydroxyl groups is 1. The first kappa shape index (κ1) is 52.5. The van der Waals surface area contributed by atoms with Crippen molar-refractivity contribution >= 4 is 25.7 Å². The summed E-state index contributed by atoms with van der Waals surface area (Å²) >= 11 is 0. The van der Waals surface area contributed by atoms with Crippen LogP contribution in [-0.4, -0.2) is 64.9 Å². The zero-order valence-electron chi connectivity index (χ0n) is 34.6. The average molecular weight is 792 g/mol. The van der Waals surface area contributed by atoms with Crippen LogP contribution in [-0.2, 0) is 32.7 Å². The van der Waals surface area contributed by atoms with Gasteiger partial charge in [0.2, 0.25) is 5.91 Å². The Morgan fingerprint density at radius 3 is 1.22 bits per heavy atom. The van der Waals surface area contributed by atoms with Crippen molar-refractivity contribution < 1.29 is 47.8 Å². The van der Waals surface area contributed by atoms with Gasteiger partial charge in [0.15, 0.2) is 6.04 Å². The zero-order chi connectivity index (χ0) is 40.0. The third-order valence-corrected chi connectivity index (χ3v) is 10.8. The highest BCUT2D eigenvalue weighted by Gasteiger charge is 2.28. The number of aliphatic carboxylic acids is 1. The summed E-state index contributed by atoms with van der Waals surface area (Å²) in [7, 11) is -4.75. The van der Waals surface area contributed by atoms with Crippen LogP contribution in [0.4, 0.5) is 0 Å². The highest BCUT2D eigenvalue weighted by Crippen LogP contribution is 2.43. The Balaban J connectivity index is 3.86. The molecule has 0 spiro atoms. The summed E-state index contributed by atoms with van der Waals surface area (Å²) < 4.78 is 26.8. The second-order valence-corrected chi connectivity index (χ2v) is 16.7. The third-order valence-electron chi connectivity index (χ3n) is 9.90. The SMILES string of the molecule is CCCCCCCCCCCCCCCCCCC(=O)OCC(O)COP(=O)(O)OCC(NC(=O)CCCCCCCCCCCCCCCC)C(=O)O. The van der Waals surface area contributed by atoms with E-state index in [1.807, 2.05) is 0 Å². The van der Waals surface area contributed by atoms with Crippen LogP contribution in [0, 0.1) is 0 Å². The van der Waals surface area contributed by atoms with E-state index in [1.165, 1.54) is 141 Å². The monoisotopic (exact) mass is 792 g/mol. The van der Waals surface area contributed by atoms with Crippen molar-refractivity contribution in [3.63, 3.8) is 0 Å². The molecule has 0 aromatic rings. The predicted molar refractivity (Wildman–Crippen MR) is 217 cm³/mol. The lowest BCUT2D eigenvalue weighted by molar-refractivity contribution is -0.147. The number of carbonyl (C=O) groups excluding carboxylic acids is 2. The van der Waals surface area contributed by atoms with E-state index < -0.39 is 57.6 Å². The number of aliphatic hydroxyl groups excluding tert-OH is 1. The Morgan fingerprint density at radius 2 is 0.852 bits per heavy atom. The van der Waals surface area contributed by atoms with E-state index in [2.05, 4.69) is 19.2 Å². The Bertz CT molecular complexity index is 937. The van der Waals surface area contributed by atoms with Gasteiger partial charge in [0.05, 0.1) is 13.2 Å². The van der Waals surface area contributed by atoms with Gasteiger partial charge in [-0.1, -0.05) is 194 Å². The van der Waals surface area contributed by atoms with E-state index in [1.54, 1.807) is 0 Å². The molecule has 0 radical (unpaired) electrons. The number of carbonyl (C=O) groups is 3. The van der Waals surface area contributed by atoms with Crippen molar-refractivity contribution in [1.82, 2.24) is 5.32 Å². The van der Waals surface area contributed by atoms with Gasteiger partial charge in [-0.15, -0.1) is 0 Å². The number of hydrogen-bond acceptors (Lipinski definition) is 8. The number of phosphoric acid groups is 1. The molecule has 320 valence electrons. The molecule has 3 atom stereocenters. The van der Waals surface area contributed by atoms with E-state index in [4.69, 9.17) is 13.8 Å². The number of phosphoric ester groups is 1. The Hall–Kier alpha value is -1.52. The van der Waals surface area contributed by atoms with Crippen molar-refractivity contribution in [3.8, 4) is 0 Å². The first-order valence-corrected chi connectivity index (χ1v) is 23.6. The minimum absolute atomic E-state index is 0.152. The van der Waals surface area contributed by atoms with Crippen LogP contribution < -0.4 is 5.32 Å². The average Bonchev–Trinajstić information content (AvgIpc) is 3.14. The van der Waals surface area contributed by atoms with Crippen LogP contribution in [0.1, 0.15) is 219 Å². The summed E-state index contributed by atoms with van der Waals surface area (Å²) in [6, 6.07) is -1.54. The molecule has 0 aliphatic carbocycles. The van der Waals surface area contributed by atoms with Crippen LogP contribution in [0.25, 0.3) is 0 Å². The molecule has 0 aromatic heterocycles. The topological polar surface area (TPSA) is 169 Å². The van der Waals surface area contributed by atoms with Gasteiger partial charge in [-0.25, -0.2) is 9.36 Å². The van der Waals surface area contributed by atoms with Crippen LogP contribution >= 0.6 is 7.82 Å². The van der Waals surface area contributed by atoms with Gasteiger partial charge in [0, 0.05) is 12.8 Å². The van der Waals surface area contributed by atoms with Gasteiger partial charge >= 0.3 is 19.8 Å². The maximum absolute atomic E-state index is 12.3. The minimum Gasteiger partial charge on any atom is -0.480 e. The van der Waals surface area contributed by atoms with Crippen molar-refractivity contribution in [2.75, 3.05) is 19.8 Å². The lowest BCUT2D eigenvalue weighted by Crippen LogP contribution is -2.43. The first-order chi connectivity index (χ1) is 26.1. The van der Waals surface area contributed by atoms with Crippen LogP contribution in [0.5, 0.6) is 0 Å². The number of carboxylic acid groups (broad SMARTS) is 1. The van der Waals surface area contributed by atoms with Crippen molar-refractivity contribution in [2.24, 2.45) is 0 Å². The molecule has 54 heavy (non-hydrogen) atoms. The largest absolute Gasteiger partial charge is 0.480 e. The molecule has 0 saturated carbocycles. The molecule has 0 saturated heterocycles. The Kier molecular flexibility index (Phi) is 37.3. The summed E-state index contributed by atoms with van der Waals surface area (Å²) in [6.45, 7) is 2.62. The third kappa shape index (κ3) is 37.4. The van der Waals surface area contributed by atoms with Gasteiger partial charge in [0.25, 0.3) is 0 Å². The fraction of sp³-hybridized carbons (Fsp3) is 0.929. The highest BCUT2D eigenvalue weighted by molar-refractivity contribution is 7.47. The number of nitrogens with one attached hydrogen (secondary N) is 1. The summed E-state index contributed by atoms with van der Waals surface area (Å²) in [6.07, 6.45) is 35.5. The maximum atomic E-state index is 12.3. The lowest BCUT2D eigenvalue weighted by Gasteiger charge is -2.18. The van der Waals surface area contributed by atoms with Crippen molar-refractivity contribution in [3.05, 3.63) is 0 Å². The summed E-state index contributed by atoms with van der Waals surface area (Å²) in [5, 5.41) is 21.8. The molecule has 0 heterocycles. The first-order valence-electron chi connectivity index (χ1n) is 22.1. The second kappa shape index (κ2) is 38.4. The van der Waals surface area contributed by atoms with Crippen LogP contribution in [0.15, 0.2) is 0 Å². The molecule has 11 nitrogen and oxygen atoms in total. The molecule has 0 aliphatic heterocycles. The number of ether oxygens (including phenoxy) is 1. The number of amides is 1. The van der Waals surface area contributed by atoms with Crippen molar-refractivity contribution in [2.45, 2.75) is 231 Å². The summed E-state index contributed by atoms with van der Waals surface area (Å²) in [5.74, 6) is -2.35. The van der Waals surface area contributed by atoms with Crippen molar-refractivity contribution in [1.29, 1.82) is 0 Å². The number of unbranched alkanes of at least 4 members (excludes halogenated alkanes) is 28. The number of esters is 1. The molecule has 4 N–H and O–H groups in total. The van der Waals surface area contributed by atoms with Gasteiger partial charge in [-0.2, -0.15) is 0 Å². The maximum Gasteiger partial charge on any atom is 0.472 e. The lowest BCUT2D eigenvalue weighted by atomic mass is 10.0. The molecular formula is C42H82NO10P. The molecule has 1 amide bonds. The van der Waals surface area contributed by atoms with Gasteiger partial charge in [-0.05, 0) is 12.8 Å². The quantitative estimate of drug-likeness (QED) is 0.0265. The minimum atomic E-state index is -4.75. The number of rotatable bonds is 42. The molecule has 0 aromatic carbocycles. The molecule has 0 bridgehead atoms. The highest BCUT2D eigenvalue weighted by atomic mass is 31.2. The van der Waals surface area contributed by atoms with E-state index in [0.717, 1.165) is 38.5 Å². The summed E-state index contributed by atoms with van der Waals surface area (Å²) in [5.41, 5.74) is 0. The summed E-state index contributed by atoms with van der Waals surface area (Å²) in [4.78, 5) is 45.9.